The molecule has 0 saturated heterocycles. The minimum Gasteiger partial charge on any atom is -0.459 e. The molecule has 0 aliphatic heterocycles. The molecule has 4 heteroatoms. The van der Waals surface area contributed by atoms with Crippen molar-refractivity contribution < 1.29 is 19.1 Å². The Morgan fingerprint density at radius 2 is 1.70 bits per heavy atom. The third kappa shape index (κ3) is 2.13. The molecule has 0 aromatic rings. The van der Waals surface area contributed by atoms with Gasteiger partial charge >= 0.3 is 5.97 Å². The molecule has 4 aliphatic rings. The Morgan fingerprint density at radius 1 is 1.04 bits per heavy atom. The standard InChI is InChI=1S/C23H32O4/c1-14(24)27-22(4)13-9-16-15-6-7-18(25)23(5)19(26)10-12-21(23,3)17(15)8-11-20(16,22)2/h8,15-16H,6-7,9-13H2,1-5H3/t15-,16-,20+,21-,22+,23+/m1/s1. The van der Waals surface area contributed by atoms with E-state index in [2.05, 4.69) is 26.8 Å². The summed E-state index contributed by atoms with van der Waals surface area (Å²) in [5, 5.41) is 0. The molecule has 4 aliphatic carbocycles. The Morgan fingerprint density at radius 3 is 2.37 bits per heavy atom. The summed E-state index contributed by atoms with van der Waals surface area (Å²) in [6, 6.07) is 0. The van der Waals surface area contributed by atoms with Gasteiger partial charge in [-0.15, -0.1) is 0 Å². The molecule has 0 bridgehead atoms. The maximum atomic E-state index is 13.1. The number of ketones is 2. The van der Waals surface area contributed by atoms with Crippen molar-refractivity contribution in [2.24, 2.45) is 28.1 Å². The van der Waals surface area contributed by atoms with Gasteiger partial charge in [0.15, 0.2) is 0 Å². The van der Waals surface area contributed by atoms with Gasteiger partial charge in [0.25, 0.3) is 0 Å². The van der Waals surface area contributed by atoms with Crippen LogP contribution in [-0.2, 0) is 19.1 Å². The van der Waals surface area contributed by atoms with Crippen molar-refractivity contribution in [3.63, 3.8) is 0 Å². The summed E-state index contributed by atoms with van der Waals surface area (Å²) in [4.78, 5) is 37.6. The van der Waals surface area contributed by atoms with E-state index in [0.717, 1.165) is 32.1 Å². The first kappa shape index (κ1) is 18.9. The van der Waals surface area contributed by atoms with Crippen LogP contribution in [0, 0.1) is 28.1 Å². The Balaban J connectivity index is 1.80. The molecule has 0 amide bonds. The summed E-state index contributed by atoms with van der Waals surface area (Å²) in [6.07, 6.45) is 7.64. The lowest BCUT2D eigenvalue weighted by atomic mass is 9.53. The lowest BCUT2D eigenvalue weighted by molar-refractivity contribution is -0.170. The molecule has 3 saturated carbocycles. The molecule has 27 heavy (non-hydrogen) atoms. The van der Waals surface area contributed by atoms with Gasteiger partial charge in [-0.05, 0) is 57.8 Å². The largest absolute Gasteiger partial charge is 0.459 e. The normalized spacial score (nSPS) is 49.0. The zero-order valence-electron chi connectivity index (χ0n) is 17.3. The maximum Gasteiger partial charge on any atom is 0.303 e. The smallest absolute Gasteiger partial charge is 0.303 e. The Kier molecular flexibility index (Phi) is 3.88. The van der Waals surface area contributed by atoms with E-state index in [4.69, 9.17) is 4.74 Å². The van der Waals surface area contributed by atoms with Gasteiger partial charge < -0.3 is 4.74 Å². The third-order valence-corrected chi connectivity index (χ3v) is 9.35. The van der Waals surface area contributed by atoms with Crippen LogP contribution in [0.25, 0.3) is 0 Å². The number of allylic oxidation sites excluding steroid dienone is 2. The molecular formula is C23H32O4. The van der Waals surface area contributed by atoms with Gasteiger partial charge in [0.2, 0.25) is 0 Å². The molecule has 4 nitrogen and oxygen atoms in total. The van der Waals surface area contributed by atoms with E-state index in [1.807, 2.05) is 6.92 Å². The van der Waals surface area contributed by atoms with Crippen LogP contribution in [0.5, 0.6) is 0 Å². The highest BCUT2D eigenvalue weighted by molar-refractivity contribution is 6.09. The summed E-state index contributed by atoms with van der Waals surface area (Å²) in [6.45, 7) is 9.89. The maximum absolute atomic E-state index is 13.1. The first-order valence-corrected chi connectivity index (χ1v) is 10.5. The van der Waals surface area contributed by atoms with Crippen LogP contribution < -0.4 is 0 Å². The number of Topliss-reactive ketones (excluding diaryl/α,β-unsaturated/α-hetero) is 2. The van der Waals surface area contributed by atoms with Crippen LogP contribution in [0.4, 0.5) is 0 Å². The van der Waals surface area contributed by atoms with Crippen molar-refractivity contribution in [3.8, 4) is 0 Å². The lowest BCUT2D eigenvalue weighted by Gasteiger charge is -2.51. The molecule has 148 valence electrons. The number of ether oxygens (including phenoxy) is 1. The van der Waals surface area contributed by atoms with Crippen LogP contribution in [0.1, 0.15) is 79.6 Å². The molecule has 0 heterocycles. The highest BCUT2D eigenvalue weighted by atomic mass is 16.6. The fraction of sp³-hybridized carbons (Fsp3) is 0.783. The van der Waals surface area contributed by atoms with E-state index < -0.39 is 11.0 Å². The summed E-state index contributed by atoms with van der Waals surface area (Å²) >= 11 is 0. The summed E-state index contributed by atoms with van der Waals surface area (Å²) < 4.78 is 5.86. The van der Waals surface area contributed by atoms with E-state index in [0.29, 0.717) is 24.7 Å². The van der Waals surface area contributed by atoms with Crippen LogP contribution in [0.2, 0.25) is 0 Å². The van der Waals surface area contributed by atoms with Crippen LogP contribution >= 0.6 is 0 Å². The average molecular weight is 373 g/mol. The van der Waals surface area contributed by atoms with E-state index in [1.165, 1.54) is 12.5 Å². The zero-order valence-corrected chi connectivity index (χ0v) is 17.3. The summed E-state index contributed by atoms with van der Waals surface area (Å²) in [5.74, 6) is 0.741. The minimum absolute atomic E-state index is 0.115. The number of rotatable bonds is 1. The molecular weight excluding hydrogens is 340 g/mol. The van der Waals surface area contributed by atoms with E-state index in [-0.39, 0.29) is 28.4 Å². The SMILES string of the molecule is CC(=O)O[C@@]1(C)CC[C@@H]2[C@H]3CCC(=O)[C@@]4(C)C(=O)CC[C@]4(C)C3=CC[C@@]21C. The van der Waals surface area contributed by atoms with Gasteiger partial charge in [0.1, 0.15) is 17.2 Å². The fourth-order valence-electron chi connectivity index (χ4n) is 7.21. The van der Waals surface area contributed by atoms with Gasteiger partial charge in [0, 0.05) is 30.6 Å². The van der Waals surface area contributed by atoms with Crippen LogP contribution in [0.15, 0.2) is 11.6 Å². The number of esters is 1. The first-order chi connectivity index (χ1) is 12.5. The summed E-state index contributed by atoms with van der Waals surface area (Å²) in [5.41, 5.74) is -0.452. The van der Waals surface area contributed by atoms with Crippen molar-refractivity contribution >= 4 is 17.5 Å². The molecule has 4 rings (SSSR count). The van der Waals surface area contributed by atoms with Gasteiger partial charge in [0.05, 0.1) is 5.41 Å². The van der Waals surface area contributed by atoms with Crippen molar-refractivity contribution in [1.82, 2.24) is 0 Å². The molecule has 0 spiro atoms. The second-order valence-electron chi connectivity index (χ2n) is 10.2. The number of carbonyl (C=O) groups excluding carboxylic acids is 3. The summed E-state index contributed by atoms with van der Waals surface area (Å²) in [7, 11) is 0. The van der Waals surface area contributed by atoms with Crippen molar-refractivity contribution in [1.29, 1.82) is 0 Å². The average Bonchev–Trinajstić information content (AvgIpc) is 2.95. The van der Waals surface area contributed by atoms with Gasteiger partial charge in [-0.2, -0.15) is 0 Å². The van der Waals surface area contributed by atoms with E-state index in [9.17, 15) is 14.4 Å². The van der Waals surface area contributed by atoms with Crippen molar-refractivity contribution in [3.05, 3.63) is 11.6 Å². The fourth-order valence-corrected chi connectivity index (χ4v) is 7.21. The van der Waals surface area contributed by atoms with Gasteiger partial charge in [-0.3, -0.25) is 14.4 Å². The second-order valence-corrected chi connectivity index (χ2v) is 10.2. The number of fused-ring (bicyclic) bond motifs is 5. The molecule has 0 N–H and O–H groups in total. The van der Waals surface area contributed by atoms with Gasteiger partial charge in [-0.1, -0.05) is 25.5 Å². The van der Waals surface area contributed by atoms with Crippen molar-refractivity contribution in [2.45, 2.75) is 85.2 Å². The quantitative estimate of drug-likeness (QED) is 0.389. The number of hydrogen-bond acceptors (Lipinski definition) is 4. The Bertz CT molecular complexity index is 766. The van der Waals surface area contributed by atoms with Crippen LogP contribution in [-0.4, -0.2) is 23.1 Å². The third-order valence-electron chi connectivity index (χ3n) is 9.35. The number of hydrogen-bond donors (Lipinski definition) is 0. The van der Waals surface area contributed by atoms with E-state index in [1.54, 1.807) is 0 Å². The zero-order chi connectivity index (χ0) is 19.8. The predicted molar refractivity (Wildman–Crippen MR) is 102 cm³/mol. The first-order valence-electron chi connectivity index (χ1n) is 10.5. The van der Waals surface area contributed by atoms with Crippen molar-refractivity contribution in [2.75, 3.05) is 0 Å². The molecule has 0 unspecified atom stereocenters. The van der Waals surface area contributed by atoms with Gasteiger partial charge in [-0.25, -0.2) is 0 Å². The van der Waals surface area contributed by atoms with E-state index >= 15 is 0 Å². The lowest BCUT2D eigenvalue weighted by Crippen LogP contribution is -2.51. The second kappa shape index (κ2) is 5.55. The Hall–Kier alpha value is -1.45. The monoisotopic (exact) mass is 372 g/mol. The molecule has 6 atom stereocenters. The predicted octanol–water partition coefficient (Wildman–Crippen LogP) is 4.41. The molecule has 3 fully saturated rings. The highest BCUT2D eigenvalue weighted by Gasteiger charge is 2.67. The Labute approximate surface area is 162 Å². The number of carbonyl (C=O) groups is 3. The highest BCUT2D eigenvalue weighted by Crippen LogP contribution is 2.68. The molecule has 0 radical (unpaired) electrons. The molecule has 0 aromatic carbocycles. The topological polar surface area (TPSA) is 60.4 Å². The minimum atomic E-state index is -0.862. The van der Waals surface area contributed by atoms with Crippen LogP contribution in [0.3, 0.4) is 0 Å². The molecule has 0 aromatic heterocycles.